The van der Waals surface area contributed by atoms with E-state index in [1.165, 1.54) is 19.3 Å². The summed E-state index contributed by atoms with van der Waals surface area (Å²) in [5.74, 6) is 0.345. The molecule has 182 valence electrons. The Morgan fingerprint density at radius 1 is 1.14 bits per heavy atom. The van der Waals surface area contributed by atoms with E-state index in [9.17, 15) is 10.1 Å². The first-order valence-corrected chi connectivity index (χ1v) is 12.8. The predicted molar refractivity (Wildman–Crippen MR) is 138 cm³/mol. The summed E-state index contributed by atoms with van der Waals surface area (Å²) in [7, 11) is 2.17. The number of pyridine rings is 1. The number of fused-ring (bicyclic) bond motifs is 1. The van der Waals surface area contributed by atoms with Gasteiger partial charge in [0.25, 0.3) is 5.91 Å². The highest BCUT2D eigenvalue weighted by molar-refractivity contribution is 6.37. The van der Waals surface area contributed by atoms with E-state index in [1.54, 1.807) is 35.2 Å². The highest BCUT2D eigenvalue weighted by Gasteiger charge is 2.39. The number of benzene rings is 1. The molecule has 2 aromatic heterocycles. The monoisotopic (exact) mass is 490 g/mol. The number of nitrogens with zero attached hydrogens (tertiary/aromatic N) is 5. The Bertz CT molecular complexity index is 1260. The summed E-state index contributed by atoms with van der Waals surface area (Å²) in [6.07, 6.45) is 9.29. The van der Waals surface area contributed by atoms with Crippen LogP contribution >= 0.6 is 11.6 Å². The first-order chi connectivity index (χ1) is 17.0. The number of carbonyl (C=O) groups is 1. The van der Waals surface area contributed by atoms with Crippen molar-refractivity contribution in [3.8, 4) is 11.9 Å². The fourth-order valence-corrected chi connectivity index (χ4v) is 5.97. The molecule has 1 saturated carbocycles. The van der Waals surface area contributed by atoms with Crippen LogP contribution in [0, 0.1) is 11.3 Å². The highest BCUT2D eigenvalue weighted by atomic mass is 35.5. The summed E-state index contributed by atoms with van der Waals surface area (Å²) >= 11 is 6.60. The first-order valence-electron chi connectivity index (χ1n) is 12.4. The third-order valence-electron chi connectivity index (χ3n) is 7.69. The lowest BCUT2D eigenvalue weighted by molar-refractivity contribution is 0.0139. The number of nitriles is 1. The van der Waals surface area contributed by atoms with Crippen molar-refractivity contribution < 1.29 is 4.79 Å². The number of piperazine rings is 1. The fourth-order valence-electron chi connectivity index (χ4n) is 5.70. The second kappa shape index (κ2) is 9.98. The minimum Gasteiger partial charge on any atom is -0.350 e. The van der Waals surface area contributed by atoms with Crippen LogP contribution in [-0.4, -0.2) is 70.6 Å². The van der Waals surface area contributed by atoms with Gasteiger partial charge in [0.2, 0.25) is 0 Å². The van der Waals surface area contributed by atoms with E-state index in [0.717, 1.165) is 44.5 Å². The molecular formula is C27H31ClN6O. The fraction of sp³-hybridized carbons (Fsp3) is 0.444. The van der Waals surface area contributed by atoms with Crippen LogP contribution in [0.5, 0.6) is 0 Å². The van der Waals surface area contributed by atoms with Gasteiger partial charge in [0.15, 0.2) is 5.82 Å². The van der Waals surface area contributed by atoms with Crippen LogP contribution in [0.3, 0.4) is 0 Å². The third kappa shape index (κ3) is 4.54. The maximum absolute atomic E-state index is 13.6. The Labute approximate surface area is 211 Å². The van der Waals surface area contributed by atoms with E-state index in [0.29, 0.717) is 33.9 Å². The van der Waals surface area contributed by atoms with Gasteiger partial charge in [-0.2, -0.15) is 5.26 Å². The van der Waals surface area contributed by atoms with Gasteiger partial charge in [0, 0.05) is 56.0 Å². The summed E-state index contributed by atoms with van der Waals surface area (Å²) in [4.78, 5) is 23.0. The zero-order valence-corrected chi connectivity index (χ0v) is 20.9. The Morgan fingerprint density at radius 2 is 1.91 bits per heavy atom. The Kier molecular flexibility index (Phi) is 6.79. The van der Waals surface area contributed by atoms with Crippen LogP contribution in [0.2, 0.25) is 5.02 Å². The molecule has 2 aliphatic rings. The number of carbonyl (C=O) groups excluding carboxylic acids is 1. The number of aromatic nitrogens is 2. The molecule has 1 aliphatic heterocycles. The number of hydrogen-bond donors (Lipinski definition) is 1. The normalized spacial score (nSPS) is 18.9. The molecule has 35 heavy (non-hydrogen) atoms. The van der Waals surface area contributed by atoms with Crippen molar-refractivity contribution >= 4 is 28.4 Å². The number of likely N-dealkylation sites (N-methyl/N-ethyl adjacent to an activating group) is 1. The molecule has 1 amide bonds. The SMILES string of the molecule is CN1CCN(C2(CNC(=O)c3cn(-c4ncccc4C#N)c4cccc(Cl)c34)CCCCC2)CC1. The summed E-state index contributed by atoms with van der Waals surface area (Å²) in [5.41, 5.74) is 1.70. The molecule has 3 heterocycles. The number of halogens is 1. The average Bonchev–Trinajstić information content (AvgIpc) is 3.29. The summed E-state index contributed by atoms with van der Waals surface area (Å²) in [5, 5.41) is 14.1. The van der Waals surface area contributed by atoms with Gasteiger partial charge >= 0.3 is 0 Å². The molecule has 8 heteroatoms. The molecule has 0 unspecified atom stereocenters. The topological polar surface area (TPSA) is 77.2 Å². The van der Waals surface area contributed by atoms with E-state index < -0.39 is 0 Å². The van der Waals surface area contributed by atoms with Gasteiger partial charge < -0.3 is 10.2 Å². The smallest absolute Gasteiger partial charge is 0.253 e. The van der Waals surface area contributed by atoms with Crippen LogP contribution < -0.4 is 5.32 Å². The molecule has 5 rings (SSSR count). The van der Waals surface area contributed by atoms with Gasteiger partial charge in [-0.3, -0.25) is 14.3 Å². The summed E-state index contributed by atoms with van der Waals surface area (Å²) < 4.78 is 1.80. The molecule has 3 aromatic rings. The molecule has 0 bridgehead atoms. The van der Waals surface area contributed by atoms with Crippen molar-refractivity contribution in [2.45, 2.75) is 37.6 Å². The van der Waals surface area contributed by atoms with Crippen LogP contribution in [0.1, 0.15) is 48.0 Å². The molecular weight excluding hydrogens is 460 g/mol. The number of amides is 1. The Morgan fingerprint density at radius 3 is 2.66 bits per heavy atom. The minimum atomic E-state index is -0.143. The minimum absolute atomic E-state index is 0.00625. The van der Waals surface area contributed by atoms with Gasteiger partial charge in [-0.05, 0) is 44.2 Å². The second-order valence-corrected chi connectivity index (χ2v) is 10.2. The van der Waals surface area contributed by atoms with E-state index in [2.05, 4.69) is 33.2 Å². The second-order valence-electron chi connectivity index (χ2n) is 9.79. The predicted octanol–water partition coefficient (Wildman–Crippen LogP) is 4.23. The largest absolute Gasteiger partial charge is 0.350 e. The Hall–Kier alpha value is -2.92. The molecule has 1 aromatic carbocycles. The van der Waals surface area contributed by atoms with Crippen LogP contribution in [0.15, 0.2) is 42.7 Å². The average molecular weight is 491 g/mol. The van der Waals surface area contributed by atoms with Crippen molar-refractivity contribution in [2.75, 3.05) is 39.8 Å². The van der Waals surface area contributed by atoms with Crippen molar-refractivity contribution in [3.63, 3.8) is 0 Å². The van der Waals surface area contributed by atoms with E-state index in [1.807, 2.05) is 12.1 Å². The number of hydrogen-bond acceptors (Lipinski definition) is 5. The summed E-state index contributed by atoms with van der Waals surface area (Å²) in [6.45, 7) is 4.82. The highest BCUT2D eigenvalue weighted by Crippen LogP contribution is 2.35. The zero-order valence-electron chi connectivity index (χ0n) is 20.1. The van der Waals surface area contributed by atoms with Crippen LogP contribution in [-0.2, 0) is 0 Å². The van der Waals surface area contributed by atoms with E-state index in [-0.39, 0.29) is 11.4 Å². The number of nitrogens with one attached hydrogen (secondary N) is 1. The lowest BCUT2D eigenvalue weighted by Crippen LogP contribution is -2.61. The molecule has 0 atom stereocenters. The van der Waals surface area contributed by atoms with Gasteiger partial charge in [-0.25, -0.2) is 4.98 Å². The first kappa shape index (κ1) is 23.8. The van der Waals surface area contributed by atoms with Crippen molar-refractivity contribution in [1.29, 1.82) is 5.26 Å². The van der Waals surface area contributed by atoms with Crippen molar-refractivity contribution in [3.05, 3.63) is 58.9 Å². The zero-order chi connectivity index (χ0) is 24.4. The summed E-state index contributed by atoms with van der Waals surface area (Å²) in [6, 6.07) is 11.2. The lowest BCUT2D eigenvalue weighted by atomic mass is 9.79. The molecule has 7 nitrogen and oxygen atoms in total. The van der Waals surface area contributed by atoms with Crippen molar-refractivity contribution in [2.24, 2.45) is 0 Å². The molecule has 1 N–H and O–H groups in total. The van der Waals surface area contributed by atoms with E-state index >= 15 is 0 Å². The molecule has 0 spiro atoms. The van der Waals surface area contributed by atoms with Gasteiger partial charge in [0.05, 0.1) is 21.7 Å². The van der Waals surface area contributed by atoms with Crippen molar-refractivity contribution in [1.82, 2.24) is 24.7 Å². The maximum atomic E-state index is 13.6. The van der Waals surface area contributed by atoms with Crippen LogP contribution in [0.25, 0.3) is 16.7 Å². The third-order valence-corrected chi connectivity index (χ3v) is 8.01. The van der Waals surface area contributed by atoms with Gasteiger partial charge in [-0.1, -0.05) is 36.9 Å². The van der Waals surface area contributed by atoms with Crippen LogP contribution in [0.4, 0.5) is 0 Å². The maximum Gasteiger partial charge on any atom is 0.253 e. The van der Waals surface area contributed by atoms with Gasteiger partial charge in [0.1, 0.15) is 6.07 Å². The lowest BCUT2D eigenvalue weighted by Gasteiger charge is -2.49. The van der Waals surface area contributed by atoms with E-state index in [4.69, 9.17) is 11.6 Å². The molecule has 0 radical (unpaired) electrons. The molecule has 1 saturated heterocycles. The number of rotatable bonds is 5. The standard InChI is InChI=1S/C27H31ClN6O/c1-32-13-15-33(16-14-32)27(10-3-2-4-11-27)19-31-26(35)21-18-34(23-9-5-8-22(28)24(21)23)25-20(17-29)7-6-12-30-25/h5-9,12,18H,2-4,10-11,13-16,19H2,1H3,(H,31,35). The molecule has 1 aliphatic carbocycles. The quantitative estimate of drug-likeness (QED) is 0.579. The van der Waals surface area contributed by atoms with Gasteiger partial charge in [-0.15, -0.1) is 0 Å². The molecule has 2 fully saturated rings. The Balaban J connectivity index is 1.46.